The van der Waals surface area contributed by atoms with Crippen molar-refractivity contribution in [1.82, 2.24) is 19.5 Å². The minimum Gasteiger partial charge on any atom is -0.470 e. The Balaban J connectivity index is 1.97. The number of hydrogen-bond acceptors (Lipinski definition) is 9. The van der Waals surface area contributed by atoms with Crippen LogP contribution in [0.3, 0.4) is 0 Å². The largest absolute Gasteiger partial charge is 0.470 e. The van der Waals surface area contributed by atoms with E-state index >= 15 is 0 Å². The SMILES string of the molecule is C[C@@H](CO)Oc1nc(N)nc2c1ncn2[C@H]1C[C@@H](O)[C@@H](CO)O1. The maximum Gasteiger partial charge on any atom is 0.247 e. The normalized spacial score (nSPS) is 25.8. The van der Waals surface area contributed by atoms with Gasteiger partial charge in [0.1, 0.15) is 18.4 Å². The molecule has 4 atom stereocenters. The molecule has 1 saturated heterocycles. The average Bonchev–Trinajstić information content (AvgIpc) is 3.10. The summed E-state index contributed by atoms with van der Waals surface area (Å²) < 4.78 is 12.7. The Morgan fingerprint density at radius 3 is 2.91 bits per heavy atom. The Labute approximate surface area is 131 Å². The van der Waals surface area contributed by atoms with Crippen molar-refractivity contribution in [2.24, 2.45) is 0 Å². The molecule has 2 aromatic rings. The summed E-state index contributed by atoms with van der Waals surface area (Å²) >= 11 is 0. The summed E-state index contributed by atoms with van der Waals surface area (Å²) in [5.74, 6) is 0.168. The number of aliphatic hydroxyl groups excluding tert-OH is 3. The second-order valence-electron chi connectivity index (χ2n) is 5.44. The van der Waals surface area contributed by atoms with Gasteiger partial charge in [0.25, 0.3) is 0 Å². The van der Waals surface area contributed by atoms with E-state index in [1.165, 1.54) is 6.33 Å². The third-order valence-electron chi connectivity index (χ3n) is 3.67. The van der Waals surface area contributed by atoms with Gasteiger partial charge >= 0.3 is 0 Å². The van der Waals surface area contributed by atoms with Crippen molar-refractivity contribution in [3.8, 4) is 5.88 Å². The highest BCUT2D eigenvalue weighted by molar-refractivity contribution is 5.77. The topological polar surface area (TPSA) is 149 Å². The van der Waals surface area contributed by atoms with Crippen LogP contribution in [0.4, 0.5) is 5.95 Å². The molecule has 10 heteroatoms. The zero-order valence-electron chi connectivity index (χ0n) is 12.5. The van der Waals surface area contributed by atoms with Crippen LogP contribution in [0.25, 0.3) is 11.2 Å². The molecule has 0 spiro atoms. The van der Waals surface area contributed by atoms with Crippen molar-refractivity contribution in [2.45, 2.75) is 37.9 Å². The summed E-state index contributed by atoms with van der Waals surface area (Å²) in [5.41, 5.74) is 6.49. The fraction of sp³-hybridized carbons (Fsp3) is 0.615. The molecular formula is C13H19N5O5. The Morgan fingerprint density at radius 1 is 1.48 bits per heavy atom. The summed E-state index contributed by atoms with van der Waals surface area (Å²) in [6.07, 6.45) is -0.630. The van der Waals surface area contributed by atoms with E-state index in [0.29, 0.717) is 17.6 Å². The van der Waals surface area contributed by atoms with Gasteiger partial charge in [-0.05, 0) is 6.92 Å². The van der Waals surface area contributed by atoms with Gasteiger partial charge in [-0.2, -0.15) is 9.97 Å². The monoisotopic (exact) mass is 325 g/mol. The molecule has 1 fully saturated rings. The van der Waals surface area contributed by atoms with E-state index in [-0.39, 0.29) is 25.0 Å². The Hall–Kier alpha value is -2.01. The molecule has 3 heterocycles. The summed E-state index contributed by atoms with van der Waals surface area (Å²) in [5, 5.41) is 28.1. The molecule has 0 aromatic carbocycles. The van der Waals surface area contributed by atoms with Crippen molar-refractivity contribution in [2.75, 3.05) is 18.9 Å². The van der Waals surface area contributed by atoms with Crippen LogP contribution in [-0.4, -0.2) is 66.4 Å². The number of rotatable bonds is 5. The highest BCUT2D eigenvalue weighted by Gasteiger charge is 2.35. The van der Waals surface area contributed by atoms with Gasteiger partial charge in [0, 0.05) is 6.42 Å². The second kappa shape index (κ2) is 6.24. The molecular weight excluding hydrogens is 306 g/mol. The van der Waals surface area contributed by atoms with Crippen molar-refractivity contribution < 1.29 is 24.8 Å². The molecule has 0 radical (unpaired) electrons. The molecule has 3 rings (SSSR count). The fourth-order valence-electron chi connectivity index (χ4n) is 2.48. The lowest BCUT2D eigenvalue weighted by atomic mass is 10.2. The minimum atomic E-state index is -0.772. The van der Waals surface area contributed by atoms with Crippen LogP contribution in [0.15, 0.2) is 6.33 Å². The van der Waals surface area contributed by atoms with Gasteiger partial charge in [-0.25, -0.2) is 4.98 Å². The third-order valence-corrected chi connectivity index (χ3v) is 3.67. The zero-order valence-corrected chi connectivity index (χ0v) is 12.5. The zero-order chi connectivity index (χ0) is 16.6. The molecule has 23 heavy (non-hydrogen) atoms. The third kappa shape index (κ3) is 2.93. The van der Waals surface area contributed by atoms with Crippen LogP contribution in [-0.2, 0) is 4.74 Å². The van der Waals surface area contributed by atoms with Crippen molar-refractivity contribution in [1.29, 1.82) is 0 Å². The first kappa shape index (κ1) is 15.9. The van der Waals surface area contributed by atoms with Crippen molar-refractivity contribution in [3.05, 3.63) is 6.33 Å². The van der Waals surface area contributed by atoms with Crippen LogP contribution in [0, 0.1) is 0 Å². The predicted molar refractivity (Wildman–Crippen MR) is 78.5 cm³/mol. The summed E-state index contributed by atoms with van der Waals surface area (Å²) in [6, 6.07) is 0. The number of ether oxygens (including phenoxy) is 2. The average molecular weight is 325 g/mol. The number of anilines is 1. The van der Waals surface area contributed by atoms with E-state index in [9.17, 15) is 10.2 Å². The van der Waals surface area contributed by atoms with Gasteiger partial charge in [-0.1, -0.05) is 0 Å². The maximum absolute atomic E-state index is 9.86. The first-order chi connectivity index (χ1) is 11.0. The number of imidazole rings is 1. The van der Waals surface area contributed by atoms with E-state index in [1.54, 1.807) is 11.5 Å². The molecule has 0 saturated carbocycles. The highest BCUT2D eigenvalue weighted by atomic mass is 16.5. The molecule has 0 unspecified atom stereocenters. The lowest BCUT2D eigenvalue weighted by Crippen LogP contribution is -2.24. The Morgan fingerprint density at radius 2 is 2.26 bits per heavy atom. The molecule has 2 aromatic heterocycles. The second-order valence-corrected chi connectivity index (χ2v) is 5.44. The van der Waals surface area contributed by atoms with Crippen LogP contribution in [0.2, 0.25) is 0 Å². The van der Waals surface area contributed by atoms with Gasteiger partial charge in [-0.3, -0.25) is 4.57 Å². The minimum absolute atomic E-state index is 0.00311. The summed E-state index contributed by atoms with van der Waals surface area (Å²) in [6.45, 7) is 1.23. The maximum atomic E-state index is 9.86. The molecule has 1 aliphatic heterocycles. The number of fused-ring (bicyclic) bond motifs is 1. The van der Waals surface area contributed by atoms with Crippen molar-refractivity contribution in [3.63, 3.8) is 0 Å². The van der Waals surface area contributed by atoms with E-state index in [4.69, 9.17) is 20.3 Å². The Bertz CT molecular complexity index is 693. The van der Waals surface area contributed by atoms with Gasteiger partial charge < -0.3 is 30.5 Å². The number of aromatic nitrogens is 4. The van der Waals surface area contributed by atoms with Crippen LogP contribution < -0.4 is 10.5 Å². The molecule has 0 aliphatic carbocycles. The smallest absolute Gasteiger partial charge is 0.247 e. The van der Waals surface area contributed by atoms with Gasteiger partial charge in [-0.15, -0.1) is 0 Å². The van der Waals surface area contributed by atoms with E-state index in [0.717, 1.165) is 0 Å². The standard InChI is InChI=1S/C13H19N5O5/c1-6(3-19)22-12-10-11(16-13(14)17-12)18(5-15-10)9-2-7(21)8(4-20)23-9/h5-9,19-21H,2-4H2,1H3,(H2,14,16,17)/t6-,7+,8+,9+/m0/s1. The van der Waals surface area contributed by atoms with Crippen LogP contribution in [0.1, 0.15) is 19.6 Å². The van der Waals surface area contributed by atoms with Gasteiger partial charge in [0.15, 0.2) is 11.2 Å². The fourth-order valence-corrected chi connectivity index (χ4v) is 2.48. The number of aliphatic hydroxyl groups is 3. The molecule has 5 N–H and O–H groups in total. The first-order valence-electron chi connectivity index (χ1n) is 7.25. The van der Waals surface area contributed by atoms with E-state index in [2.05, 4.69) is 15.0 Å². The number of nitrogens with two attached hydrogens (primary N) is 1. The van der Waals surface area contributed by atoms with Crippen molar-refractivity contribution >= 4 is 17.1 Å². The molecule has 126 valence electrons. The van der Waals surface area contributed by atoms with Crippen LogP contribution >= 0.6 is 0 Å². The number of hydrogen-bond donors (Lipinski definition) is 4. The lowest BCUT2D eigenvalue weighted by molar-refractivity contribution is -0.0432. The Kier molecular flexibility index (Phi) is 4.31. The van der Waals surface area contributed by atoms with E-state index in [1.807, 2.05) is 0 Å². The first-order valence-corrected chi connectivity index (χ1v) is 7.25. The number of nitrogen functional groups attached to an aromatic ring is 1. The summed E-state index contributed by atoms with van der Waals surface area (Å²) in [7, 11) is 0. The lowest BCUT2D eigenvalue weighted by Gasteiger charge is -2.14. The van der Waals surface area contributed by atoms with Gasteiger partial charge in [0.2, 0.25) is 11.8 Å². The molecule has 10 nitrogen and oxygen atoms in total. The molecule has 0 amide bonds. The predicted octanol–water partition coefficient (Wildman–Crippen LogP) is -1.19. The van der Waals surface area contributed by atoms with Crippen LogP contribution in [0.5, 0.6) is 5.88 Å². The highest BCUT2D eigenvalue weighted by Crippen LogP contribution is 2.32. The molecule has 0 bridgehead atoms. The van der Waals surface area contributed by atoms with E-state index < -0.39 is 24.5 Å². The van der Waals surface area contributed by atoms with Gasteiger partial charge in [0.05, 0.1) is 25.6 Å². The number of nitrogens with zero attached hydrogens (tertiary/aromatic N) is 4. The molecule has 1 aliphatic rings. The quantitative estimate of drug-likeness (QED) is 0.532. The summed E-state index contributed by atoms with van der Waals surface area (Å²) in [4.78, 5) is 12.4.